The number of aromatic nitrogens is 3. The maximum atomic E-state index is 11.5. The molecule has 0 bridgehead atoms. The molecule has 1 amide bonds. The van der Waals surface area contributed by atoms with Gasteiger partial charge in [0.1, 0.15) is 5.82 Å². The number of primary amides is 1. The van der Waals surface area contributed by atoms with Crippen LogP contribution < -0.4 is 22.1 Å². The van der Waals surface area contributed by atoms with E-state index in [9.17, 15) is 9.59 Å². The topological polar surface area (TPSA) is 139 Å². The monoisotopic (exact) mass is 418 g/mol. The Hall–Kier alpha value is -4.14. The van der Waals surface area contributed by atoms with Crippen LogP contribution in [0.3, 0.4) is 0 Å². The average Bonchev–Trinajstić information content (AvgIpc) is 3.13. The molecule has 0 aliphatic rings. The van der Waals surface area contributed by atoms with Crippen LogP contribution in [0.2, 0.25) is 0 Å². The van der Waals surface area contributed by atoms with Crippen LogP contribution in [-0.2, 0) is 12.8 Å². The number of fused-ring (bicyclic) bond motifs is 1. The van der Waals surface area contributed by atoms with E-state index in [0.717, 1.165) is 28.9 Å². The largest absolute Gasteiger partial charge is 0.417 e. The minimum atomic E-state index is -0.496. The number of hydrogen-bond donors (Lipinski definition) is 4. The number of aryl methyl sites for hydroxylation is 2. The van der Waals surface area contributed by atoms with E-state index in [2.05, 4.69) is 25.6 Å². The maximum Gasteiger partial charge on any atom is 0.417 e. The molecule has 5 N–H and O–H groups in total. The van der Waals surface area contributed by atoms with Gasteiger partial charge in [-0.05, 0) is 54.8 Å². The minimum absolute atomic E-state index is 0.416. The Morgan fingerprint density at radius 2 is 1.90 bits per heavy atom. The lowest BCUT2D eigenvalue weighted by atomic mass is 10.1. The summed E-state index contributed by atoms with van der Waals surface area (Å²) in [6.07, 6.45) is 3.21. The van der Waals surface area contributed by atoms with E-state index < -0.39 is 11.7 Å². The zero-order valence-electron chi connectivity index (χ0n) is 17.2. The van der Waals surface area contributed by atoms with Crippen molar-refractivity contribution >= 4 is 40.1 Å². The second kappa shape index (κ2) is 8.31. The molecule has 0 fully saturated rings. The third kappa shape index (κ3) is 4.25. The summed E-state index contributed by atoms with van der Waals surface area (Å²) < 4.78 is 5.05. The van der Waals surface area contributed by atoms with Crippen molar-refractivity contribution in [1.82, 2.24) is 15.0 Å². The van der Waals surface area contributed by atoms with E-state index in [0.29, 0.717) is 34.9 Å². The Labute approximate surface area is 177 Å². The predicted molar refractivity (Wildman–Crippen MR) is 119 cm³/mol. The van der Waals surface area contributed by atoms with Gasteiger partial charge in [0, 0.05) is 28.7 Å². The van der Waals surface area contributed by atoms with Gasteiger partial charge >= 0.3 is 5.76 Å². The summed E-state index contributed by atoms with van der Waals surface area (Å²) in [6.45, 7) is 4.02. The highest BCUT2D eigenvalue weighted by Crippen LogP contribution is 2.25. The van der Waals surface area contributed by atoms with Gasteiger partial charge in [0.25, 0.3) is 0 Å². The van der Waals surface area contributed by atoms with Gasteiger partial charge < -0.3 is 20.8 Å². The molecule has 4 rings (SSSR count). The first-order valence-corrected chi connectivity index (χ1v) is 9.92. The fourth-order valence-corrected chi connectivity index (χ4v) is 3.28. The first-order valence-electron chi connectivity index (χ1n) is 9.92. The van der Waals surface area contributed by atoms with Gasteiger partial charge in [-0.25, -0.2) is 9.78 Å². The molecule has 0 unspecified atom stereocenters. The van der Waals surface area contributed by atoms with Gasteiger partial charge in [0.05, 0.1) is 5.52 Å². The number of aromatic amines is 1. The van der Waals surface area contributed by atoms with Crippen molar-refractivity contribution in [2.75, 3.05) is 10.6 Å². The van der Waals surface area contributed by atoms with Gasteiger partial charge in [-0.2, -0.15) is 4.98 Å². The Morgan fingerprint density at radius 1 is 1.10 bits per heavy atom. The van der Waals surface area contributed by atoms with Crippen molar-refractivity contribution in [3.05, 3.63) is 69.8 Å². The van der Waals surface area contributed by atoms with Crippen molar-refractivity contribution in [3.8, 4) is 0 Å². The molecule has 0 saturated heterocycles. The molecule has 2 aromatic heterocycles. The summed E-state index contributed by atoms with van der Waals surface area (Å²) in [7, 11) is 0. The highest BCUT2D eigenvalue weighted by atomic mass is 16.4. The molecule has 0 saturated carbocycles. The van der Waals surface area contributed by atoms with E-state index in [1.54, 1.807) is 36.5 Å². The normalized spacial score (nSPS) is 10.9. The summed E-state index contributed by atoms with van der Waals surface area (Å²) in [4.78, 5) is 34.5. The van der Waals surface area contributed by atoms with Crippen LogP contribution in [0.5, 0.6) is 0 Å². The van der Waals surface area contributed by atoms with Crippen LogP contribution in [0.25, 0.3) is 11.1 Å². The molecule has 0 radical (unpaired) electrons. The van der Waals surface area contributed by atoms with Crippen molar-refractivity contribution < 1.29 is 9.21 Å². The fraction of sp³-hybridized carbons (Fsp3) is 0.182. The molecular formula is C22H22N6O3. The van der Waals surface area contributed by atoms with Gasteiger partial charge in [-0.15, -0.1) is 0 Å². The minimum Gasteiger partial charge on any atom is -0.408 e. The molecule has 158 valence electrons. The number of oxazole rings is 1. The average molecular weight is 418 g/mol. The molecule has 9 heteroatoms. The van der Waals surface area contributed by atoms with Crippen molar-refractivity contribution in [3.63, 3.8) is 0 Å². The highest BCUT2D eigenvalue weighted by molar-refractivity contribution is 5.93. The van der Waals surface area contributed by atoms with Crippen LogP contribution in [-0.4, -0.2) is 20.9 Å². The van der Waals surface area contributed by atoms with Gasteiger partial charge in [-0.1, -0.05) is 13.8 Å². The highest BCUT2D eigenvalue weighted by Gasteiger charge is 2.11. The smallest absolute Gasteiger partial charge is 0.408 e. The van der Waals surface area contributed by atoms with Crippen LogP contribution in [0, 0.1) is 0 Å². The van der Waals surface area contributed by atoms with Gasteiger partial charge in [0.2, 0.25) is 11.9 Å². The predicted octanol–water partition coefficient (Wildman–Crippen LogP) is 3.62. The number of rotatable bonds is 7. The lowest BCUT2D eigenvalue weighted by Crippen LogP contribution is -2.12. The number of hydrogen-bond acceptors (Lipinski definition) is 7. The number of amides is 1. The maximum absolute atomic E-state index is 11.5. The van der Waals surface area contributed by atoms with Gasteiger partial charge in [-0.3, -0.25) is 9.78 Å². The first-order chi connectivity index (χ1) is 15.0. The number of carbonyl (C=O) groups excluding carboxylic acids is 1. The van der Waals surface area contributed by atoms with Crippen LogP contribution in [0.4, 0.5) is 23.1 Å². The first kappa shape index (κ1) is 20.1. The lowest BCUT2D eigenvalue weighted by Gasteiger charge is -2.14. The summed E-state index contributed by atoms with van der Waals surface area (Å²) in [5.74, 6) is 0.104. The van der Waals surface area contributed by atoms with Crippen LogP contribution >= 0.6 is 0 Å². The summed E-state index contributed by atoms with van der Waals surface area (Å²) in [6, 6.07) is 10.6. The molecule has 9 nitrogen and oxygen atoms in total. The molecule has 2 aromatic carbocycles. The summed E-state index contributed by atoms with van der Waals surface area (Å²) in [5, 5.41) is 6.51. The quantitative estimate of drug-likeness (QED) is 0.359. The van der Waals surface area contributed by atoms with E-state index in [-0.39, 0.29) is 0 Å². The number of anilines is 4. The summed E-state index contributed by atoms with van der Waals surface area (Å²) >= 11 is 0. The van der Waals surface area contributed by atoms with Gasteiger partial charge in [0.15, 0.2) is 5.58 Å². The molecule has 0 aliphatic carbocycles. The molecule has 0 spiro atoms. The Morgan fingerprint density at radius 3 is 2.65 bits per heavy atom. The molecule has 2 heterocycles. The molecule has 31 heavy (non-hydrogen) atoms. The van der Waals surface area contributed by atoms with Crippen molar-refractivity contribution in [1.29, 1.82) is 0 Å². The Bertz CT molecular complexity index is 1320. The fourth-order valence-electron chi connectivity index (χ4n) is 3.28. The van der Waals surface area contributed by atoms with E-state index in [1.807, 2.05) is 19.9 Å². The molecule has 4 aromatic rings. The number of nitrogens with one attached hydrogen (secondary N) is 3. The SMILES string of the molecule is CCc1cc(C(N)=O)ccc1Nc1ncc(CC)c(Nc2ccc3oc(=O)[nH]c3c2)n1. The van der Waals surface area contributed by atoms with Crippen molar-refractivity contribution in [2.45, 2.75) is 26.7 Å². The van der Waals surface area contributed by atoms with E-state index in [4.69, 9.17) is 10.2 Å². The second-order valence-electron chi connectivity index (χ2n) is 6.99. The number of nitrogens with two attached hydrogens (primary N) is 1. The molecule has 0 aliphatic heterocycles. The third-order valence-corrected chi connectivity index (χ3v) is 4.94. The number of benzene rings is 2. The Kier molecular flexibility index (Phi) is 5.40. The van der Waals surface area contributed by atoms with Crippen molar-refractivity contribution in [2.24, 2.45) is 5.73 Å². The van der Waals surface area contributed by atoms with E-state index >= 15 is 0 Å². The number of carbonyl (C=O) groups is 1. The zero-order valence-corrected chi connectivity index (χ0v) is 17.2. The molecule has 0 atom stereocenters. The molecular weight excluding hydrogens is 396 g/mol. The number of nitrogens with zero attached hydrogens (tertiary/aromatic N) is 2. The standard InChI is InChI=1S/C22H22N6O3/c1-3-12-9-14(19(23)29)5-7-16(12)26-21-24-11-13(4-2)20(28-21)25-15-6-8-18-17(10-15)27-22(30)31-18/h5-11H,3-4H2,1-2H3,(H2,23,29)(H,27,30)(H2,24,25,26,28). The lowest BCUT2D eigenvalue weighted by molar-refractivity contribution is 0.1000. The van der Waals surface area contributed by atoms with Crippen LogP contribution in [0.1, 0.15) is 35.3 Å². The number of H-pyrrole nitrogens is 1. The third-order valence-electron chi connectivity index (χ3n) is 4.94. The van der Waals surface area contributed by atoms with E-state index in [1.165, 1.54) is 0 Å². The Balaban J connectivity index is 1.64. The second-order valence-corrected chi connectivity index (χ2v) is 6.99. The summed E-state index contributed by atoms with van der Waals surface area (Å²) in [5.41, 5.74) is 10.4. The van der Waals surface area contributed by atoms with Crippen LogP contribution in [0.15, 0.2) is 51.8 Å². The zero-order chi connectivity index (χ0) is 22.0.